The topological polar surface area (TPSA) is 72.2 Å². The quantitative estimate of drug-likeness (QED) is 0.828. The first kappa shape index (κ1) is 13.8. The number of hydrogen-bond acceptors (Lipinski definition) is 5. The number of aliphatic hydroxyl groups is 1. The van der Waals surface area contributed by atoms with Crippen molar-refractivity contribution in [2.24, 2.45) is 5.92 Å². The fourth-order valence-electron chi connectivity index (χ4n) is 2.44. The molecule has 102 valence electrons. The third-order valence-corrected chi connectivity index (χ3v) is 3.48. The van der Waals surface area contributed by atoms with Crippen molar-refractivity contribution in [3.63, 3.8) is 0 Å². The minimum absolute atomic E-state index is 0.287. The predicted octanol–water partition coefficient (Wildman–Crippen LogP) is 1.07. The average Bonchev–Trinajstić information content (AvgIpc) is 2.48. The van der Waals surface area contributed by atoms with E-state index in [4.69, 9.17) is 5.26 Å². The van der Waals surface area contributed by atoms with E-state index in [0.717, 1.165) is 44.8 Å². The Balaban J connectivity index is 1.75. The van der Waals surface area contributed by atoms with Gasteiger partial charge in [-0.15, -0.1) is 0 Å². The molecule has 0 saturated carbocycles. The first-order chi connectivity index (χ1) is 9.31. The van der Waals surface area contributed by atoms with Crippen LogP contribution in [0.15, 0.2) is 18.3 Å². The van der Waals surface area contributed by atoms with Gasteiger partial charge in [-0.25, -0.2) is 4.98 Å². The number of piperidine rings is 1. The van der Waals surface area contributed by atoms with Gasteiger partial charge in [0.25, 0.3) is 0 Å². The highest BCUT2D eigenvalue weighted by molar-refractivity contribution is 5.42. The van der Waals surface area contributed by atoms with Gasteiger partial charge < -0.3 is 15.3 Å². The van der Waals surface area contributed by atoms with Crippen LogP contribution in [0.25, 0.3) is 0 Å². The lowest BCUT2D eigenvalue weighted by Gasteiger charge is -2.31. The van der Waals surface area contributed by atoms with Crippen molar-refractivity contribution in [2.45, 2.75) is 12.8 Å². The fraction of sp³-hybridized carbons (Fsp3) is 0.571. The van der Waals surface area contributed by atoms with Crippen molar-refractivity contribution in [1.82, 2.24) is 9.88 Å². The first-order valence-electron chi connectivity index (χ1n) is 6.75. The summed E-state index contributed by atoms with van der Waals surface area (Å²) in [6.45, 7) is 4.11. The van der Waals surface area contributed by atoms with Crippen LogP contribution in [0.5, 0.6) is 0 Å². The Hall–Kier alpha value is -1.64. The molecule has 5 nitrogen and oxygen atoms in total. The molecule has 1 atom stereocenters. The molecule has 2 rings (SSSR count). The Morgan fingerprint density at radius 3 is 3.26 bits per heavy atom. The summed E-state index contributed by atoms with van der Waals surface area (Å²) in [6, 6.07) is 5.56. The van der Waals surface area contributed by atoms with Crippen LogP contribution < -0.4 is 5.32 Å². The van der Waals surface area contributed by atoms with E-state index in [0.29, 0.717) is 11.5 Å². The Morgan fingerprint density at radius 1 is 1.58 bits per heavy atom. The molecule has 2 heterocycles. The minimum Gasteiger partial charge on any atom is -0.396 e. The Kier molecular flexibility index (Phi) is 5.13. The Labute approximate surface area is 113 Å². The second-order valence-corrected chi connectivity index (χ2v) is 4.96. The van der Waals surface area contributed by atoms with Crippen LogP contribution >= 0.6 is 0 Å². The van der Waals surface area contributed by atoms with E-state index < -0.39 is 0 Å². The number of nitriles is 1. The lowest BCUT2D eigenvalue weighted by molar-refractivity contribution is 0.123. The highest BCUT2D eigenvalue weighted by atomic mass is 16.3. The molecule has 1 fully saturated rings. The molecular formula is C14H20N4O. The summed E-state index contributed by atoms with van der Waals surface area (Å²) in [7, 11) is 0. The standard InChI is InChI=1S/C14H20N4O/c15-9-12-3-4-16-14(8-12)17-5-7-18-6-1-2-13(10-18)11-19/h3-4,8,13,19H,1-2,5-7,10-11H2,(H,16,17)/t13-/m0/s1. The number of anilines is 1. The van der Waals surface area contributed by atoms with Gasteiger partial charge in [-0.3, -0.25) is 0 Å². The summed E-state index contributed by atoms with van der Waals surface area (Å²) in [6.07, 6.45) is 3.93. The summed E-state index contributed by atoms with van der Waals surface area (Å²) in [5, 5.41) is 21.2. The number of aromatic nitrogens is 1. The van der Waals surface area contributed by atoms with E-state index in [1.54, 1.807) is 18.3 Å². The molecule has 0 amide bonds. The predicted molar refractivity (Wildman–Crippen MR) is 73.7 cm³/mol. The second-order valence-electron chi connectivity index (χ2n) is 4.96. The molecule has 0 aromatic carbocycles. The molecule has 1 saturated heterocycles. The summed E-state index contributed by atoms with van der Waals surface area (Å²) in [5.74, 6) is 1.17. The van der Waals surface area contributed by atoms with E-state index >= 15 is 0 Å². The smallest absolute Gasteiger partial charge is 0.127 e. The van der Waals surface area contributed by atoms with Crippen molar-refractivity contribution in [3.05, 3.63) is 23.9 Å². The van der Waals surface area contributed by atoms with Gasteiger partial charge in [0, 0.05) is 32.4 Å². The van der Waals surface area contributed by atoms with Gasteiger partial charge in [-0.2, -0.15) is 5.26 Å². The van der Waals surface area contributed by atoms with Gasteiger partial charge in [0.15, 0.2) is 0 Å². The summed E-state index contributed by atoms with van der Waals surface area (Å²) >= 11 is 0. The van der Waals surface area contributed by atoms with Gasteiger partial charge in [-0.05, 0) is 37.4 Å². The second kappa shape index (κ2) is 7.07. The Bertz CT molecular complexity index is 443. The van der Waals surface area contributed by atoms with Crippen molar-refractivity contribution >= 4 is 5.82 Å². The molecule has 1 aromatic rings. The first-order valence-corrected chi connectivity index (χ1v) is 6.75. The van der Waals surface area contributed by atoms with E-state index in [9.17, 15) is 5.11 Å². The zero-order valence-corrected chi connectivity index (χ0v) is 11.0. The third-order valence-electron chi connectivity index (χ3n) is 3.48. The van der Waals surface area contributed by atoms with Crippen LogP contribution in [0.2, 0.25) is 0 Å². The summed E-state index contributed by atoms with van der Waals surface area (Å²) in [5.41, 5.74) is 0.621. The average molecular weight is 260 g/mol. The molecule has 0 spiro atoms. The number of likely N-dealkylation sites (tertiary alicyclic amines) is 1. The van der Waals surface area contributed by atoms with Crippen LogP contribution in [0.4, 0.5) is 5.82 Å². The van der Waals surface area contributed by atoms with Crippen LogP contribution in [-0.4, -0.2) is 47.8 Å². The number of pyridine rings is 1. The fourth-order valence-corrected chi connectivity index (χ4v) is 2.44. The molecule has 5 heteroatoms. The largest absolute Gasteiger partial charge is 0.396 e. The summed E-state index contributed by atoms with van der Waals surface area (Å²) in [4.78, 5) is 6.55. The SMILES string of the molecule is N#Cc1ccnc(NCCN2CCC[C@H](CO)C2)c1. The lowest BCUT2D eigenvalue weighted by Crippen LogP contribution is -2.39. The maximum atomic E-state index is 9.19. The highest BCUT2D eigenvalue weighted by Crippen LogP contribution is 2.15. The van der Waals surface area contributed by atoms with Gasteiger partial charge in [-0.1, -0.05) is 0 Å². The number of rotatable bonds is 5. The molecule has 2 N–H and O–H groups in total. The molecule has 0 radical (unpaired) electrons. The monoisotopic (exact) mass is 260 g/mol. The molecule has 1 aliphatic rings. The zero-order chi connectivity index (χ0) is 13.5. The minimum atomic E-state index is 0.287. The van der Waals surface area contributed by atoms with Gasteiger partial charge >= 0.3 is 0 Å². The van der Waals surface area contributed by atoms with Crippen molar-refractivity contribution in [1.29, 1.82) is 5.26 Å². The molecule has 0 unspecified atom stereocenters. The number of aliphatic hydroxyl groups excluding tert-OH is 1. The van der Waals surface area contributed by atoms with Crippen molar-refractivity contribution in [3.8, 4) is 6.07 Å². The number of nitrogens with zero attached hydrogens (tertiary/aromatic N) is 3. The van der Waals surface area contributed by atoms with Gasteiger partial charge in [0.1, 0.15) is 5.82 Å². The van der Waals surface area contributed by atoms with E-state index in [1.165, 1.54) is 0 Å². The molecule has 1 aliphatic heterocycles. The van der Waals surface area contributed by atoms with Gasteiger partial charge in [0.2, 0.25) is 0 Å². The van der Waals surface area contributed by atoms with E-state index in [1.807, 2.05) is 0 Å². The Morgan fingerprint density at radius 2 is 2.47 bits per heavy atom. The van der Waals surface area contributed by atoms with Crippen LogP contribution in [0.1, 0.15) is 18.4 Å². The molecular weight excluding hydrogens is 240 g/mol. The van der Waals surface area contributed by atoms with E-state index in [-0.39, 0.29) is 6.61 Å². The van der Waals surface area contributed by atoms with Crippen LogP contribution in [0, 0.1) is 17.2 Å². The maximum absolute atomic E-state index is 9.19. The van der Waals surface area contributed by atoms with Gasteiger partial charge in [0.05, 0.1) is 11.6 Å². The normalized spacial score (nSPS) is 19.9. The van der Waals surface area contributed by atoms with E-state index in [2.05, 4.69) is 21.3 Å². The molecule has 0 bridgehead atoms. The highest BCUT2D eigenvalue weighted by Gasteiger charge is 2.18. The number of nitrogens with one attached hydrogen (secondary N) is 1. The maximum Gasteiger partial charge on any atom is 0.127 e. The summed E-state index contributed by atoms with van der Waals surface area (Å²) < 4.78 is 0. The molecule has 1 aromatic heterocycles. The van der Waals surface area contributed by atoms with Crippen molar-refractivity contribution < 1.29 is 5.11 Å². The zero-order valence-electron chi connectivity index (χ0n) is 11.0. The lowest BCUT2D eigenvalue weighted by atomic mass is 9.99. The van der Waals surface area contributed by atoms with Crippen LogP contribution in [0.3, 0.4) is 0 Å². The van der Waals surface area contributed by atoms with Crippen molar-refractivity contribution in [2.75, 3.05) is 38.1 Å². The third kappa shape index (κ3) is 4.19. The molecule has 19 heavy (non-hydrogen) atoms. The van der Waals surface area contributed by atoms with Crippen LogP contribution in [-0.2, 0) is 0 Å². The number of hydrogen-bond donors (Lipinski definition) is 2. The molecule has 0 aliphatic carbocycles.